The zero-order valence-electron chi connectivity index (χ0n) is 18.2. The van der Waals surface area contributed by atoms with E-state index in [0.717, 1.165) is 18.8 Å². The van der Waals surface area contributed by atoms with Crippen molar-refractivity contribution in [2.45, 2.75) is 45.3 Å². The first-order valence-electron chi connectivity index (χ1n) is 10.6. The van der Waals surface area contributed by atoms with Crippen LogP contribution in [0.2, 0.25) is 0 Å². The van der Waals surface area contributed by atoms with Crippen LogP contribution < -0.4 is 9.64 Å². The first-order chi connectivity index (χ1) is 14.3. The Morgan fingerprint density at radius 1 is 1.20 bits per heavy atom. The molecule has 10 nitrogen and oxygen atoms in total. The third-order valence-electron chi connectivity index (χ3n) is 5.52. The van der Waals surface area contributed by atoms with Gasteiger partial charge in [-0.1, -0.05) is 0 Å². The molecule has 2 aliphatic rings. The van der Waals surface area contributed by atoms with E-state index in [2.05, 4.69) is 31.9 Å². The maximum Gasteiger partial charge on any atom is 0.410 e. The molecule has 0 aromatic carbocycles. The van der Waals surface area contributed by atoms with Gasteiger partial charge in [0, 0.05) is 44.6 Å². The maximum absolute atomic E-state index is 12.3. The van der Waals surface area contributed by atoms with Gasteiger partial charge in [0.2, 0.25) is 0 Å². The number of piperazine rings is 1. The van der Waals surface area contributed by atoms with Crippen LogP contribution in [-0.4, -0.2) is 93.5 Å². The highest BCUT2D eigenvalue weighted by Crippen LogP contribution is 2.23. The van der Waals surface area contributed by atoms with Gasteiger partial charge in [-0.3, -0.25) is 0 Å². The third-order valence-corrected chi connectivity index (χ3v) is 5.52. The van der Waals surface area contributed by atoms with E-state index in [1.54, 1.807) is 21.8 Å². The minimum atomic E-state index is -0.498. The Morgan fingerprint density at radius 3 is 2.63 bits per heavy atom. The second-order valence-corrected chi connectivity index (χ2v) is 8.96. The summed E-state index contributed by atoms with van der Waals surface area (Å²) in [4.78, 5) is 27.6. The average molecular weight is 418 g/mol. The van der Waals surface area contributed by atoms with Crippen molar-refractivity contribution in [3.8, 4) is 6.01 Å². The Balaban J connectivity index is 1.45. The Labute approximate surface area is 176 Å². The second-order valence-electron chi connectivity index (χ2n) is 8.96. The predicted molar refractivity (Wildman–Crippen MR) is 112 cm³/mol. The number of carbonyl (C=O) groups excluding carboxylic acids is 1. The summed E-state index contributed by atoms with van der Waals surface area (Å²) < 4.78 is 13.2. The van der Waals surface area contributed by atoms with E-state index >= 15 is 0 Å². The summed E-state index contributed by atoms with van der Waals surface area (Å²) in [5.74, 6) is 0.730. The number of aromatic nitrogens is 4. The molecule has 0 aliphatic carbocycles. The number of fused-ring (bicyclic) bond motifs is 1. The number of carbonyl (C=O) groups is 1. The normalized spacial score (nSPS) is 20.7. The van der Waals surface area contributed by atoms with Gasteiger partial charge in [-0.25, -0.2) is 14.3 Å². The standard InChI is InChI=1S/C20H31N7O3/c1-20(2,3)30-19(28)26-12-10-25(11-13-26)17-16-21-7-9-27(16)23-18(22-17)29-14-15-6-5-8-24(15)4/h7,9,15H,5-6,8,10-14H2,1-4H3/t15-/m0/s1. The van der Waals surface area contributed by atoms with Gasteiger partial charge >= 0.3 is 12.1 Å². The highest BCUT2D eigenvalue weighted by Gasteiger charge is 2.28. The first kappa shape index (κ1) is 20.6. The van der Waals surface area contributed by atoms with Gasteiger partial charge in [0.05, 0.1) is 0 Å². The summed E-state index contributed by atoms with van der Waals surface area (Å²) in [6.07, 6.45) is 5.55. The largest absolute Gasteiger partial charge is 0.461 e. The fourth-order valence-electron chi connectivity index (χ4n) is 3.85. The lowest BCUT2D eigenvalue weighted by atomic mass is 10.2. The van der Waals surface area contributed by atoms with Gasteiger partial charge < -0.3 is 24.2 Å². The second kappa shape index (κ2) is 8.25. The lowest BCUT2D eigenvalue weighted by molar-refractivity contribution is 0.0240. The predicted octanol–water partition coefficient (Wildman–Crippen LogP) is 1.65. The molecule has 2 fully saturated rings. The zero-order valence-corrected chi connectivity index (χ0v) is 18.2. The van der Waals surface area contributed by atoms with E-state index < -0.39 is 5.60 Å². The van der Waals surface area contributed by atoms with Crippen molar-refractivity contribution in [3.63, 3.8) is 0 Å². The average Bonchev–Trinajstić information content (AvgIpc) is 3.33. The summed E-state index contributed by atoms with van der Waals surface area (Å²) in [5, 5.41) is 4.45. The van der Waals surface area contributed by atoms with E-state index in [1.165, 1.54) is 6.42 Å². The lowest BCUT2D eigenvalue weighted by Crippen LogP contribution is -2.50. The number of amides is 1. The van der Waals surface area contributed by atoms with Gasteiger partial charge in [0.15, 0.2) is 11.5 Å². The molecule has 2 aromatic rings. The van der Waals surface area contributed by atoms with Crippen molar-refractivity contribution >= 4 is 17.6 Å². The van der Waals surface area contributed by atoms with E-state index in [4.69, 9.17) is 9.47 Å². The van der Waals surface area contributed by atoms with E-state index in [9.17, 15) is 4.79 Å². The smallest absolute Gasteiger partial charge is 0.410 e. The molecule has 4 heterocycles. The lowest BCUT2D eigenvalue weighted by Gasteiger charge is -2.36. The molecule has 1 atom stereocenters. The van der Waals surface area contributed by atoms with Crippen LogP contribution in [0.5, 0.6) is 6.01 Å². The number of hydrogen-bond donors (Lipinski definition) is 0. The van der Waals surface area contributed by atoms with Crippen molar-refractivity contribution in [1.29, 1.82) is 0 Å². The summed E-state index contributed by atoms with van der Waals surface area (Å²) in [5.41, 5.74) is 0.189. The van der Waals surface area contributed by atoms with Gasteiger partial charge in [-0.05, 0) is 47.2 Å². The molecule has 30 heavy (non-hydrogen) atoms. The van der Waals surface area contributed by atoms with Crippen molar-refractivity contribution in [3.05, 3.63) is 12.4 Å². The molecule has 2 aromatic heterocycles. The number of anilines is 1. The van der Waals surface area contributed by atoms with Gasteiger partial charge in [0.1, 0.15) is 12.2 Å². The van der Waals surface area contributed by atoms with Gasteiger partial charge in [0.25, 0.3) is 0 Å². The Kier molecular flexibility index (Phi) is 5.68. The fourth-order valence-corrected chi connectivity index (χ4v) is 3.85. The summed E-state index contributed by atoms with van der Waals surface area (Å²) >= 11 is 0. The fraction of sp³-hybridized carbons (Fsp3) is 0.700. The van der Waals surface area contributed by atoms with Crippen LogP contribution in [0.3, 0.4) is 0 Å². The van der Waals surface area contributed by atoms with Crippen LogP contribution in [0.25, 0.3) is 5.65 Å². The molecule has 2 saturated heterocycles. The molecule has 0 unspecified atom stereocenters. The topological polar surface area (TPSA) is 88.3 Å². The molecular formula is C20H31N7O3. The van der Waals surface area contributed by atoms with Crippen LogP contribution in [0.15, 0.2) is 12.4 Å². The minimum Gasteiger partial charge on any atom is -0.461 e. The molecule has 0 saturated carbocycles. The highest BCUT2D eigenvalue weighted by molar-refractivity contribution is 5.69. The third kappa shape index (κ3) is 4.58. The molecular weight excluding hydrogens is 386 g/mol. The molecule has 10 heteroatoms. The summed E-state index contributed by atoms with van der Waals surface area (Å²) in [7, 11) is 2.12. The van der Waals surface area contributed by atoms with Crippen LogP contribution >= 0.6 is 0 Å². The minimum absolute atomic E-state index is 0.277. The number of likely N-dealkylation sites (tertiary alicyclic amines) is 1. The molecule has 1 amide bonds. The number of nitrogens with zero attached hydrogens (tertiary/aromatic N) is 7. The van der Waals surface area contributed by atoms with Crippen molar-refractivity contribution < 1.29 is 14.3 Å². The summed E-state index contributed by atoms with van der Waals surface area (Å²) in [6.45, 7) is 9.72. The maximum atomic E-state index is 12.3. The number of likely N-dealkylation sites (N-methyl/N-ethyl adjacent to an activating group) is 1. The molecule has 0 spiro atoms. The zero-order chi connectivity index (χ0) is 21.3. The quantitative estimate of drug-likeness (QED) is 0.742. The molecule has 0 radical (unpaired) electrons. The SMILES string of the molecule is CN1CCC[C@H]1COc1nc(N2CCN(C(=O)OC(C)(C)C)CC2)c2nccn2n1. The Bertz CT molecular complexity index is 886. The van der Waals surface area contributed by atoms with E-state index in [0.29, 0.717) is 50.5 Å². The van der Waals surface area contributed by atoms with Crippen LogP contribution in [0.1, 0.15) is 33.6 Å². The molecule has 0 bridgehead atoms. The van der Waals surface area contributed by atoms with E-state index in [-0.39, 0.29) is 6.09 Å². The van der Waals surface area contributed by atoms with Crippen LogP contribution in [0, 0.1) is 0 Å². The van der Waals surface area contributed by atoms with Crippen LogP contribution in [0.4, 0.5) is 10.6 Å². The van der Waals surface area contributed by atoms with Gasteiger partial charge in [-0.15, -0.1) is 5.10 Å². The number of imidazole rings is 1. The van der Waals surface area contributed by atoms with E-state index in [1.807, 2.05) is 20.8 Å². The molecule has 2 aliphatic heterocycles. The molecule has 4 rings (SSSR count). The van der Waals surface area contributed by atoms with Crippen molar-refractivity contribution in [1.82, 2.24) is 29.4 Å². The van der Waals surface area contributed by atoms with Gasteiger partial charge in [-0.2, -0.15) is 4.98 Å². The summed E-state index contributed by atoms with van der Waals surface area (Å²) in [6, 6.07) is 0.748. The molecule has 0 N–H and O–H groups in total. The number of ether oxygens (including phenoxy) is 2. The number of hydrogen-bond acceptors (Lipinski definition) is 8. The highest BCUT2D eigenvalue weighted by atomic mass is 16.6. The molecule has 164 valence electrons. The van der Waals surface area contributed by atoms with Crippen LogP contribution in [-0.2, 0) is 4.74 Å². The van der Waals surface area contributed by atoms with Crippen molar-refractivity contribution in [2.24, 2.45) is 0 Å². The first-order valence-corrected chi connectivity index (χ1v) is 10.6. The van der Waals surface area contributed by atoms with Crippen molar-refractivity contribution in [2.75, 3.05) is 51.3 Å². The number of rotatable bonds is 4. The monoisotopic (exact) mass is 417 g/mol. The Morgan fingerprint density at radius 2 is 1.97 bits per heavy atom. The Hall–Kier alpha value is -2.62.